The van der Waals surface area contributed by atoms with Crippen molar-refractivity contribution in [2.24, 2.45) is 12.1 Å². The molecule has 1 unspecified atom stereocenters. The van der Waals surface area contributed by atoms with Crippen LogP contribution in [-0.2, 0) is 11.8 Å². The first kappa shape index (κ1) is 20.7. The molecular formula is C22H18FN5O2S2. The number of thiophene rings is 1. The molecule has 1 aliphatic rings. The molecule has 0 bridgehead atoms. The van der Waals surface area contributed by atoms with Crippen molar-refractivity contribution in [1.29, 1.82) is 0 Å². The lowest BCUT2D eigenvalue weighted by Crippen LogP contribution is -2.28. The van der Waals surface area contributed by atoms with Gasteiger partial charge in [-0.3, -0.25) is 4.79 Å². The Kier molecular flexibility index (Phi) is 5.62. The van der Waals surface area contributed by atoms with Gasteiger partial charge in [-0.05, 0) is 47.8 Å². The predicted octanol–water partition coefficient (Wildman–Crippen LogP) is 4.75. The lowest BCUT2D eigenvalue weighted by atomic mass is 10.1. The van der Waals surface area contributed by atoms with E-state index in [1.807, 2.05) is 36.7 Å². The van der Waals surface area contributed by atoms with Crippen LogP contribution >= 0.6 is 23.1 Å². The molecule has 0 radical (unpaired) electrons. The molecule has 0 saturated carbocycles. The molecule has 3 aromatic heterocycles. The van der Waals surface area contributed by atoms with Gasteiger partial charge < -0.3 is 8.98 Å². The van der Waals surface area contributed by atoms with Gasteiger partial charge in [0.05, 0.1) is 22.6 Å². The molecule has 1 amide bonds. The number of amides is 1. The number of nitrogens with zero attached hydrogens (tertiary/aromatic N) is 5. The van der Waals surface area contributed by atoms with Crippen LogP contribution in [-0.4, -0.2) is 37.1 Å². The zero-order valence-corrected chi connectivity index (χ0v) is 18.6. The predicted molar refractivity (Wildman–Crippen MR) is 121 cm³/mol. The number of hydrogen-bond acceptors (Lipinski definition) is 7. The molecule has 0 fully saturated rings. The Morgan fingerprint density at radius 2 is 2.06 bits per heavy atom. The van der Waals surface area contributed by atoms with Crippen molar-refractivity contribution in [2.75, 3.05) is 5.75 Å². The summed E-state index contributed by atoms with van der Waals surface area (Å²) in [5.41, 5.74) is 1.62. The van der Waals surface area contributed by atoms with Gasteiger partial charge in [0, 0.05) is 19.0 Å². The highest BCUT2D eigenvalue weighted by atomic mass is 32.2. The molecule has 4 heterocycles. The van der Waals surface area contributed by atoms with E-state index in [1.54, 1.807) is 34.3 Å². The van der Waals surface area contributed by atoms with E-state index in [0.29, 0.717) is 23.2 Å². The molecule has 1 aromatic carbocycles. The summed E-state index contributed by atoms with van der Waals surface area (Å²) in [6, 6.07) is 13.4. The summed E-state index contributed by atoms with van der Waals surface area (Å²) in [6.45, 7) is 0. The summed E-state index contributed by atoms with van der Waals surface area (Å²) >= 11 is 2.88. The summed E-state index contributed by atoms with van der Waals surface area (Å²) < 4.78 is 20.6. The van der Waals surface area contributed by atoms with Gasteiger partial charge >= 0.3 is 0 Å². The van der Waals surface area contributed by atoms with Crippen molar-refractivity contribution in [1.82, 2.24) is 19.8 Å². The molecule has 1 atom stereocenters. The van der Waals surface area contributed by atoms with Crippen molar-refractivity contribution in [2.45, 2.75) is 17.6 Å². The van der Waals surface area contributed by atoms with Gasteiger partial charge in [-0.15, -0.1) is 21.5 Å². The van der Waals surface area contributed by atoms with Gasteiger partial charge in [-0.1, -0.05) is 17.8 Å². The van der Waals surface area contributed by atoms with Crippen LogP contribution in [0.15, 0.2) is 74.8 Å². The van der Waals surface area contributed by atoms with Crippen molar-refractivity contribution in [3.8, 4) is 11.4 Å². The van der Waals surface area contributed by atoms with Gasteiger partial charge in [0.25, 0.3) is 5.91 Å². The summed E-state index contributed by atoms with van der Waals surface area (Å²) in [5, 5.41) is 17.1. The average molecular weight is 468 g/mol. The number of aromatic nitrogens is 3. The molecule has 0 spiro atoms. The second kappa shape index (κ2) is 8.71. The highest BCUT2D eigenvalue weighted by Crippen LogP contribution is 2.35. The molecule has 10 heteroatoms. The van der Waals surface area contributed by atoms with Crippen molar-refractivity contribution >= 4 is 34.7 Å². The van der Waals surface area contributed by atoms with Gasteiger partial charge in [0.15, 0.2) is 11.0 Å². The molecule has 0 saturated heterocycles. The highest BCUT2D eigenvalue weighted by Gasteiger charge is 2.35. The number of hydrazone groups is 1. The van der Waals surface area contributed by atoms with Crippen molar-refractivity contribution in [3.63, 3.8) is 0 Å². The quantitative estimate of drug-likeness (QED) is 0.383. The van der Waals surface area contributed by atoms with Crippen LogP contribution in [0.25, 0.3) is 11.4 Å². The number of rotatable bonds is 6. The fraction of sp³-hybridized carbons (Fsp3) is 0.182. The fourth-order valence-electron chi connectivity index (χ4n) is 3.52. The van der Waals surface area contributed by atoms with E-state index >= 15 is 0 Å². The topological polar surface area (TPSA) is 76.5 Å². The van der Waals surface area contributed by atoms with Crippen LogP contribution < -0.4 is 0 Å². The van der Waals surface area contributed by atoms with Gasteiger partial charge in [-0.25, -0.2) is 9.40 Å². The molecule has 1 aliphatic heterocycles. The van der Waals surface area contributed by atoms with E-state index in [2.05, 4.69) is 15.3 Å². The maximum absolute atomic E-state index is 13.2. The van der Waals surface area contributed by atoms with E-state index in [-0.39, 0.29) is 23.5 Å². The molecule has 0 aliphatic carbocycles. The number of hydrogen-bond donors (Lipinski definition) is 0. The minimum absolute atomic E-state index is 0.144. The van der Waals surface area contributed by atoms with Crippen LogP contribution in [0.2, 0.25) is 0 Å². The first-order valence-electron chi connectivity index (χ1n) is 9.85. The number of halogens is 1. The minimum Gasteiger partial charge on any atom is -0.467 e. The van der Waals surface area contributed by atoms with Crippen LogP contribution in [0.1, 0.15) is 23.1 Å². The van der Waals surface area contributed by atoms with Gasteiger partial charge in [0.1, 0.15) is 17.6 Å². The minimum atomic E-state index is -0.310. The summed E-state index contributed by atoms with van der Waals surface area (Å²) in [7, 11) is 1.82. The lowest BCUT2D eigenvalue weighted by Gasteiger charge is -2.19. The summed E-state index contributed by atoms with van der Waals surface area (Å²) in [5.74, 6) is 1.00. The summed E-state index contributed by atoms with van der Waals surface area (Å²) in [6.07, 6.45) is 2.20. The Hall–Kier alpha value is -3.24. The largest absolute Gasteiger partial charge is 0.467 e. The number of carbonyl (C=O) groups is 1. The zero-order chi connectivity index (χ0) is 22.1. The average Bonchev–Trinajstić information content (AvgIpc) is 3.59. The number of furan rings is 1. The molecule has 162 valence electrons. The van der Waals surface area contributed by atoms with E-state index in [0.717, 1.165) is 16.2 Å². The standard InChI is InChI=1S/C22H18FN5O2S2/c1-27-21(14-6-8-15(23)9-7-14)24-25-22(27)32-13-20(29)28-17(18-4-2-10-30-18)12-16(26-28)19-5-3-11-31-19/h2-11,17H,12-13H2,1H3. The number of thioether (sulfide) groups is 1. The third kappa shape index (κ3) is 3.98. The fourth-order valence-corrected chi connectivity index (χ4v) is 5.00. The normalized spacial score (nSPS) is 15.9. The van der Waals surface area contributed by atoms with Crippen LogP contribution in [0, 0.1) is 5.82 Å². The third-order valence-corrected chi connectivity index (χ3v) is 7.03. The van der Waals surface area contributed by atoms with Gasteiger partial charge in [-0.2, -0.15) is 5.10 Å². The first-order valence-corrected chi connectivity index (χ1v) is 11.7. The summed E-state index contributed by atoms with van der Waals surface area (Å²) in [4.78, 5) is 14.2. The molecule has 32 heavy (non-hydrogen) atoms. The lowest BCUT2D eigenvalue weighted by molar-refractivity contribution is -0.130. The van der Waals surface area contributed by atoms with Crippen molar-refractivity contribution < 1.29 is 13.6 Å². The molecule has 5 rings (SSSR count). The highest BCUT2D eigenvalue weighted by molar-refractivity contribution is 7.99. The van der Waals surface area contributed by atoms with Gasteiger partial charge in [0.2, 0.25) is 0 Å². The van der Waals surface area contributed by atoms with Crippen LogP contribution in [0.4, 0.5) is 4.39 Å². The second-order valence-electron chi connectivity index (χ2n) is 7.16. The molecular weight excluding hydrogens is 449 g/mol. The van der Waals surface area contributed by atoms with E-state index < -0.39 is 0 Å². The Morgan fingerprint density at radius 3 is 2.78 bits per heavy atom. The third-order valence-electron chi connectivity index (χ3n) is 5.11. The maximum atomic E-state index is 13.2. The molecule has 4 aromatic rings. The Labute approximate surface area is 191 Å². The van der Waals surface area contributed by atoms with Crippen molar-refractivity contribution in [3.05, 3.63) is 76.6 Å². The number of benzene rings is 1. The SMILES string of the molecule is Cn1c(SCC(=O)N2N=C(c3cccs3)CC2c2ccco2)nnc1-c1ccc(F)cc1. The first-order chi connectivity index (χ1) is 15.6. The Morgan fingerprint density at radius 1 is 1.22 bits per heavy atom. The monoisotopic (exact) mass is 467 g/mol. The second-order valence-corrected chi connectivity index (χ2v) is 9.05. The maximum Gasteiger partial charge on any atom is 0.253 e. The number of carbonyl (C=O) groups excluding carboxylic acids is 1. The van der Waals surface area contributed by atoms with E-state index in [9.17, 15) is 9.18 Å². The van der Waals surface area contributed by atoms with E-state index in [1.165, 1.54) is 28.9 Å². The Balaban J connectivity index is 1.33. The zero-order valence-electron chi connectivity index (χ0n) is 17.0. The molecule has 7 nitrogen and oxygen atoms in total. The van der Waals surface area contributed by atoms with Crippen LogP contribution in [0.3, 0.4) is 0 Å². The van der Waals surface area contributed by atoms with Crippen LogP contribution in [0.5, 0.6) is 0 Å². The van der Waals surface area contributed by atoms with E-state index in [4.69, 9.17) is 4.42 Å². The Bertz CT molecular complexity index is 1250. The molecule has 0 N–H and O–H groups in total. The smallest absolute Gasteiger partial charge is 0.253 e.